The van der Waals surface area contributed by atoms with E-state index < -0.39 is 11.4 Å². The molecule has 2 saturated carbocycles. The van der Waals surface area contributed by atoms with E-state index in [0.717, 1.165) is 70.0 Å². The Labute approximate surface area is 203 Å². The number of piperidine rings is 1. The van der Waals surface area contributed by atoms with Crippen LogP contribution < -0.4 is 4.74 Å². The number of hydrogen-bond acceptors (Lipinski definition) is 4. The van der Waals surface area contributed by atoms with Gasteiger partial charge in [0.2, 0.25) is 5.88 Å². The van der Waals surface area contributed by atoms with Crippen LogP contribution in [0.1, 0.15) is 68.4 Å². The number of aliphatic carboxylic acids is 1. The van der Waals surface area contributed by atoms with Crippen LogP contribution in [0.25, 0.3) is 0 Å². The molecule has 2 aliphatic carbocycles. The van der Waals surface area contributed by atoms with E-state index in [0.29, 0.717) is 5.88 Å². The molecule has 1 aromatic heterocycles. The molecule has 0 bridgehead atoms. The minimum Gasteiger partial charge on any atom is -0.481 e. The number of carbonyl (C=O) groups is 1. The van der Waals surface area contributed by atoms with Crippen molar-refractivity contribution >= 4 is 5.97 Å². The van der Waals surface area contributed by atoms with Gasteiger partial charge in [-0.05, 0) is 92.8 Å². The molecule has 2 aromatic rings. The summed E-state index contributed by atoms with van der Waals surface area (Å²) in [4.78, 5) is 18.8. The fraction of sp³-hybridized carbons (Fsp3) is 0.586. The summed E-state index contributed by atoms with van der Waals surface area (Å²) in [6.07, 6.45) is 11.9. The van der Waals surface area contributed by atoms with Crippen molar-refractivity contribution in [1.82, 2.24) is 9.88 Å². The van der Waals surface area contributed by atoms with Crippen molar-refractivity contribution in [3.05, 3.63) is 59.8 Å². The third-order valence-electron chi connectivity index (χ3n) is 8.99. The van der Waals surface area contributed by atoms with Crippen LogP contribution in [-0.2, 0) is 11.2 Å². The summed E-state index contributed by atoms with van der Waals surface area (Å²) < 4.78 is 5.26. The molecule has 0 radical (unpaired) electrons. The van der Waals surface area contributed by atoms with Crippen molar-refractivity contribution in [2.45, 2.75) is 63.7 Å². The van der Waals surface area contributed by atoms with Crippen molar-refractivity contribution < 1.29 is 14.6 Å². The highest BCUT2D eigenvalue weighted by Crippen LogP contribution is 2.53. The van der Waals surface area contributed by atoms with Crippen LogP contribution >= 0.6 is 0 Å². The Morgan fingerprint density at radius 1 is 1.12 bits per heavy atom. The Balaban J connectivity index is 1.23. The second-order valence-corrected chi connectivity index (χ2v) is 11.2. The predicted molar refractivity (Wildman–Crippen MR) is 133 cm³/mol. The third-order valence-corrected chi connectivity index (χ3v) is 8.99. The maximum Gasteiger partial charge on any atom is 0.310 e. The predicted octanol–water partition coefficient (Wildman–Crippen LogP) is 5.55. The van der Waals surface area contributed by atoms with Crippen LogP contribution in [0.3, 0.4) is 0 Å². The average Bonchev–Trinajstić information content (AvgIpc) is 3.62. The van der Waals surface area contributed by atoms with Crippen LogP contribution in [0.4, 0.5) is 0 Å². The summed E-state index contributed by atoms with van der Waals surface area (Å²) in [6.45, 7) is 2.73. The average molecular weight is 463 g/mol. The molecule has 3 aliphatic rings. The number of ether oxygens (including phenoxy) is 1. The summed E-state index contributed by atoms with van der Waals surface area (Å²) in [7, 11) is 1.66. The first kappa shape index (κ1) is 23.3. The molecule has 1 unspecified atom stereocenters. The van der Waals surface area contributed by atoms with Gasteiger partial charge in [0.25, 0.3) is 0 Å². The van der Waals surface area contributed by atoms with Crippen LogP contribution in [0.5, 0.6) is 5.88 Å². The monoisotopic (exact) mass is 462 g/mol. The van der Waals surface area contributed by atoms with Crippen molar-refractivity contribution in [1.29, 1.82) is 0 Å². The lowest BCUT2D eigenvalue weighted by Crippen LogP contribution is -2.51. The Morgan fingerprint density at radius 3 is 2.47 bits per heavy atom. The number of hydrogen-bond donors (Lipinski definition) is 1. The first-order valence-electron chi connectivity index (χ1n) is 13.0. The highest BCUT2D eigenvalue weighted by Gasteiger charge is 2.47. The number of carboxylic acid groups (broad SMARTS) is 1. The zero-order valence-electron chi connectivity index (χ0n) is 20.4. The number of pyridine rings is 1. The lowest BCUT2D eigenvalue weighted by Gasteiger charge is -2.47. The van der Waals surface area contributed by atoms with Gasteiger partial charge >= 0.3 is 5.97 Å². The molecule has 1 saturated heterocycles. The lowest BCUT2D eigenvalue weighted by atomic mass is 9.67. The first-order chi connectivity index (χ1) is 16.5. The molecule has 1 aliphatic heterocycles. The molecule has 182 valence electrons. The quantitative estimate of drug-likeness (QED) is 0.501. The Kier molecular flexibility index (Phi) is 6.65. The molecule has 2 atom stereocenters. The number of carboxylic acids is 1. The van der Waals surface area contributed by atoms with E-state index >= 15 is 0 Å². The standard InChI is InChI=1S/C29H38N2O3/c1-34-26-9-8-22(20-30-26)19-28(13-10-24-18-25(24)23-6-3-2-4-7-23)14-16-31(17-15-28)21-29(27(32)33)11-5-12-29/h2-4,6-9,20,24-25H,5,10-19,21H2,1H3,(H,32,33)/t24-,25?/m1/s1. The minimum absolute atomic E-state index is 0.270. The molecule has 0 amide bonds. The maximum absolute atomic E-state index is 11.9. The molecule has 3 fully saturated rings. The molecule has 0 spiro atoms. The van der Waals surface area contributed by atoms with E-state index in [-0.39, 0.29) is 5.41 Å². The molecular formula is C29H38N2O3. The van der Waals surface area contributed by atoms with Gasteiger partial charge in [-0.3, -0.25) is 4.79 Å². The molecule has 2 heterocycles. The van der Waals surface area contributed by atoms with Gasteiger partial charge in [0, 0.05) is 18.8 Å². The molecule has 5 nitrogen and oxygen atoms in total. The van der Waals surface area contributed by atoms with Crippen molar-refractivity contribution in [3.63, 3.8) is 0 Å². The largest absolute Gasteiger partial charge is 0.481 e. The summed E-state index contributed by atoms with van der Waals surface area (Å²) in [5.41, 5.74) is 2.56. The lowest BCUT2D eigenvalue weighted by molar-refractivity contribution is -0.156. The summed E-state index contributed by atoms with van der Waals surface area (Å²) in [5, 5.41) is 9.78. The number of likely N-dealkylation sites (tertiary alicyclic amines) is 1. The maximum atomic E-state index is 11.9. The smallest absolute Gasteiger partial charge is 0.310 e. The number of methoxy groups -OCH3 is 1. The second kappa shape index (κ2) is 9.69. The number of rotatable bonds is 10. The van der Waals surface area contributed by atoms with Gasteiger partial charge in [-0.1, -0.05) is 42.8 Å². The van der Waals surface area contributed by atoms with Crippen molar-refractivity contribution in [2.24, 2.45) is 16.7 Å². The highest BCUT2D eigenvalue weighted by molar-refractivity contribution is 5.76. The zero-order valence-corrected chi connectivity index (χ0v) is 20.4. The van der Waals surface area contributed by atoms with E-state index in [2.05, 4.69) is 46.3 Å². The number of benzene rings is 1. The molecular weight excluding hydrogens is 424 g/mol. The number of aromatic nitrogens is 1. The first-order valence-corrected chi connectivity index (χ1v) is 13.0. The molecule has 1 N–H and O–H groups in total. The Morgan fingerprint density at radius 2 is 1.88 bits per heavy atom. The zero-order chi connectivity index (χ0) is 23.6. The summed E-state index contributed by atoms with van der Waals surface area (Å²) in [5.74, 6) is 1.60. The van der Waals surface area contributed by atoms with Gasteiger partial charge in [-0.15, -0.1) is 0 Å². The second-order valence-electron chi connectivity index (χ2n) is 11.2. The van der Waals surface area contributed by atoms with E-state index in [1.165, 1.54) is 30.4 Å². The van der Waals surface area contributed by atoms with E-state index in [1.54, 1.807) is 7.11 Å². The summed E-state index contributed by atoms with van der Waals surface area (Å²) in [6, 6.07) is 15.1. The highest BCUT2D eigenvalue weighted by atomic mass is 16.5. The minimum atomic E-state index is -0.597. The van der Waals surface area contributed by atoms with Gasteiger partial charge < -0.3 is 14.7 Å². The van der Waals surface area contributed by atoms with Gasteiger partial charge in [0.05, 0.1) is 12.5 Å². The third kappa shape index (κ3) is 5.00. The van der Waals surface area contributed by atoms with Gasteiger partial charge in [-0.2, -0.15) is 0 Å². The fourth-order valence-electron chi connectivity index (χ4n) is 6.41. The van der Waals surface area contributed by atoms with Gasteiger partial charge in [-0.25, -0.2) is 4.98 Å². The molecule has 5 heteroatoms. The molecule has 34 heavy (non-hydrogen) atoms. The fourth-order valence-corrected chi connectivity index (χ4v) is 6.41. The van der Waals surface area contributed by atoms with Crippen LogP contribution in [-0.4, -0.2) is 47.7 Å². The molecule has 1 aromatic carbocycles. The van der Waals surface area contributed by atoms with Crippen LogP contribution in [0.2, 0.25) is 0 Å². The molecule has 5 rings (SSSR count). The van der Waals surface area contributed by atoms with Gasteiger partial charge in [0.15, 0.2) is 0 Å². The van der Waals surface area contributed by atoms with Crippen molar-refractivity contribution in [3.8, 4) is 5.88 Å². The van der Waals surface area contributed by atoms with E-state index in [1.807, 2.05) is 12.3 Å². The normalized spacial score (nSPS) is 25.3. The topological polar surface area (TPSA) is 62.7 Å². The van der Waals surface area contributed by atoms with E-state index in [9.17, 15) is 9.90 Å². The number of nitrogens with zero attached hydrogens (tertiary/aromatic N) is 2. The van der Waals surface area contributed by atoms with Gasteiger partial charge in [0.1, 0.15) is 0 Å². The summed E-state index contributed by atoms with van der Waals surface area (Å²) >= 11 is 0. The Bertz CT molecular complexity index is 963. The Hall–Kier alpha value is -2.40. The van der Waals surface area contributed by atoms with Crippen LogP contribution in [0, 0.1) is 16.7 Å². The van der Waals surface area contributed by atoms with E-state index in [4.69, 9.17) is 4.74 Å². The SMILES string of the molecule is COc1ccc(CC2(CC[C@@H]3CC3c3ccccc3)CCN(CC3(C(=O)O)CCC3)CC2)cn1. The van der Waals surface area contributed by atoms with Crippen LogP contribution in [0.15, 0.2) is 48.7 Å². The van der Waals surface area contributed by atoms with Crippen molar-refractivity contribution in [2.75, 3.05) is 26.7 Å².